The number of piperidine rings is 1. The van der Waals surface area contributed by atoms with Crippen molar-refractivity contribution < 1.29 is 4.79 Å². The van der Waals surface area contributed by atoms with E-state index in [9.17, 15) is 4.79 Å². The molecule has 2 atom stereocenters. The number of amides is 1. The zero-order valence-corrected chi connectivity index (χ0v) is 9.18. The maximum atomic E-state index is 11.7. The summed E-state index contributed by atoms with van der Waals surface area (Å²) in [5.41, 5.74) is 0. The smallest absolute Gasteiger partial charge is 0.240 e. The quantitative estimate of drug-likeness (QED) is 0.631. The first-order valence-corrected chi connectivity index (χ1v) is 5.51. The highest BCUT2D eigenvalue weighted by Gasteiger charge is 2.24. The van der Waals surface area contributed by atoms with Crippen LogP contribution in [0.4, 0.5) is 0 Å². The van der Waals surface area contributed by atoms with E-state index >= 15 is 0 Å². The van der Waals surface area contributed by atoms with Crippen LogP contribution >= 0.6 is 11.6 Å². The van der Waals surface area contributed by atoms with Crippen LogP contribution in [0.1, 0.15) is 33.1 Å². The molecule has 3 heteroatoms. The van der Waals surface area contributed by atoms with Crippen molar-refractivity contribution in [2.75, 3.05) is 13.1 Å². The lowest BCUT2D eigenvalue weighted by molar-refractivity contribution is -0.132. The molecule has 1 heterocycles. The number of nitrogens with zero attached hydrogens (tertiary/aromatic N) is 1. The first-order chi connectivity index (χ1) is 6.15. The highest BCUT2D eigenvalue weighted by molar-refractivity contribution is 6.30. The summed E-state index contributed by atoms with van der Waals surface area (Å²) in [5.74, 6) is 0.758. The third kappa shape index (κ3) is 2.87. The summed E-state index contributed by atoms with van der Waals surface area (Å²) >= 11 is 5.91. The first-order valence-electron chi connectivity index (χ1n) is 5.08. The van der Waals surface area contributed by atoms with Gasteiger partial charge in [-0.2, -0.15) is 0 Å². The number of carbonyl (C=O) groups is 1. The van der Waals surface area contributed by atoms with Gasteiger partial charge in [0.15, 0.2) is 0 Å². The summed E-state index contributed by atoms with van der Waals surface area (Å²) in [6.07, 6.45) is 3.09. The molecule has 76 valence electrons. The SMILES string of the molecule is CC[C@@H](Cl)C(=O)N1CCC[C@@H](C)C1. The zero-order valence-electron chi connectivity index (χ0n) is 8.42. The summed E-state index contributed by atoms with van der Waals surface area (Å²) in [6, 6.07) is 0. The van der Waals surface area contributed by atoms with E-state index in [0.717, 1.165) is 25.9 Å². The van der Waals surface area contributed by atoms with Gasteiger partial charge in [0, 0.05) is 13.1 Å². The van der Waals surface area contributed by atoms with Crippen molar-refractivity contribution in [1.82, 2.24) is 4.90 Å². The molecule has 0 aromatic carbocycles. The van der Waals surface area contributed by atoms with E-state index < -0.39 is 0 Å². The molecule has 1 aliphatic rings. The second-order valence-corrected chi connectivity index (χ2v) is 4.43. The summed E-state index contributed by atoms with van der Waals surface area (Å²) in [6.45, 7) is 5.92. The van der Waals surface area contributed by atoms with Crippen LogP contribution in [0, 0.1) is 5.92 Å². The van der Waals surface area contributed by atoms with Crippen LogP contribution in [0.3, 0.4) is 0 Å². The lowest BCUT2D eigenvalue weighted by Gasteiger charge is -2.32. The van der Waals surface area contributed by atoms with Crippen molar-refractivity contribution in [3.63, 3.8) is 0 Å². The second kappa shape index (κ2) is 4.85. The molecule has 0 radical (unpaired) electrons. The third-order valence-electron chi connectivity index (χ3n) is 2.60. The van der Waals surface area contributed by atoms with Gasteiger partial charge >= 0.3 is 0 Å². The average molecular weight is 204 g/mol. The number of carbonyl (C=O) groups excluding carboxylic acids is 1. The predicted molar refractivity (Wildman–Crippen MR) is 54.9 cm³/mol. The van der Waals surface area contributed by atoms with Gasteiger partial charge in [0.25, 0.3) is 0 Å². The Morgan fingerprint density at radius 3 is 2.92 bits per heavy atom. The van der Waals surface area contributed by atoms with Gasteiger partial charge in [0.05, 0.1) is 0 Å². The predicted octanol–water partition coefficient (Wildman–Crippen LogP) is 2.26. The van der Waals surface area contributed by atoms with Gasteiger partial charge in [-0.1, -0.05) is 13.8 Å². The fraction of sp³-hybridized carbons (Fsp3) is 0.900. The molecule has 1 amide bonds. The number of hydrogen-bond donors (Lipinski definition) is 0. The molecule has 13 heavy (non-hydrogen) atoms. The van der Waals surface area contributed by atoms with Crippen LogP contribution in [-0.2, 0) is 4.79 Å². The maximum Gasteiger partial charge on any atom is 0.240 e. The Morgan fingerprint density at radius 1 is 1.69 bits per heavy atom. The van der Waals surface area contributed by atoms with E-state index in [4.69, 9.17) is 11.6 Å². The topological polar surface area (TPSA) is 20.3 Å². The lowest BCUT2D eigenvalue weighted by atomic mass is 10.00. The number of rotatable bonds is 2. The van der Waals surface area contributed by atoms with E-state index in [-0.39, 0.29) is 11.3 Å². The third-order valence-corrected chi connectivity index (χ3v) is 3.09. The molecule has 2 nitrogen and oxygen atoms in total. The van der Waals surface area contributed by atoms with Gasteiger partial charge in [-0.05, 0) is 25.2 Å². The molecule has 0 aromatic rings. The van der Waals surface area contributed by atoms with E-state index in [0.29, 0.717) is 5.92 Å². The molecule has 0 N–H and O–H groups in total. The summed E-state index contributed by atoms with van der Waals surface area (Å²) in [5, 5.41) is -0.315. The Kier molecular flexibility index (Phi) is 4.04. The molecule has 1 fully saturated rings. The average Bonchev–Trinajstić information content (AvgIpc) is 2.15. The fourth-order valence-electron chi connectivity index (χ4n) is 1.76. The molecular formula is C10H18ClNO. The fourth-order valence-corrected chi connectivity index (χ4v) is 1.90. The van der Waals surface area contributed by atoms with Crippen LogP contribution in [-0.4, -0.2) is 29.3 Å². The Bertz CT molecular complexity index is 184. The van der Waals surface area contributed by atoms with Gasteiger partial charge in [-0.25, -0.2) is 0 Å². The summed E-state index contributed by atoms with van der Waals surface area (Å²) < 4.78 is 0. The van der Waals surface area contributed by atoms with E-state index in [1.807, 2.05) is 11.8 Å². The normalized spacial score (nSPS) is 25.8. The van der Waals surface area contributed by atoms with Crippen molar-refractivity contribution >= 4 is 17.5 Å². The molecule has 1 rings (SSSR count). The minimum absolute atomic E-state index is 0.121. The standard InChI is InChI=1S/C10H18ClNO/c1-3-9(11)10(13)12-6-4-5-8(2)7-12/h8-9H,3-7H2,1-2H3/t8-,9-/m1/s1. The molecule has 0 saturated carbocycles. The summed E-state index contributed by atoms with van der Waals surface area (Å²) in [7, 11) is 0. The van der Waals surface area contributed by atoms with E-state index in [1.165, 1.54) is 6.42 Å². The molecule has 1 aliphatic heterocycles. The highest BCUT2D eigenvalue weighted by Crippen LogP contribution is 2.18. The van der Waals surface area contributed by atoms with Gasteiger partial charge < -0.3 is 4.90 Å². The van der Waals surface area contributed by atoms with E-state index in [1.54, 1.807) is 0 Å². The Hall–Kier alpha value is -0.240. The number of hydrogen-bond acceptors (Lipinski definition) is 1. The Labute approximate surface area is 85.2 Å². The molecule has 0 aliphatic carbocycles. The summed E-state index contributed by atoms with van der Waals surface area (Å²) in [4.78, 5) is 13.6. The Balaban J connectivity index is 2.46. The van der Waals surface area contributed by atoms with Crippen molar-refractivity contribution in [2.45, 2.75) is 38.5 Å². The van der Waals surface area contributed by atoms with E-state index in [2.05, 4.69) is 6.92 Å². The molecule has 1 saturated heterocycles. The minimum atomic E-state index is -0.315. The molecular weight excluding hydrogens is 186 g/mol. The minimum Gasteiger partial charge on any atom is -0.341 e. The maximum absolute atomic E-state index is 11.7. The second-order valence-electron chi connectivity index (χ2n) is 3.91. The van der Waals surface area contributed by atoms with Crippen molar-refractivity contribution in [3.05, 3.63) is 0 Å². The van der Waals surface area contributed by atoms with Gasteiger partial charge in [0.2, 0.25) is 5.91 Å². The van der Waals surface area contributed by atoms with Crippen molar-refractivity contribution in [3.8, 4) is 0 Å². The van der Waals surface area contributed by atoms with Crippen LogP contribution in [0.25, 0.3) is 0 Å². The number of alkyl halides is 1. The molecule has 0 aromatic heterocycles. The highest BCUT2D eigenvalue weighted by atomic mass is 35.5. The lowest BCUT2D eigenvalue weighted by Crippen LogP contribution is -2.42. The number of halogens is 1. The van der Waals surface area contributed by atoms with Gasteiger partial charge in [-0.15, -0.1) is 11.6 Å². The molecule has 0 unspecified atom stereocenters. The van der Waals surface area contributed by atoms with Crippen LogP contribution in [0.2, 0.25) is 0 Å². The van der Waals surface area contributed by atoms with Crippen molar-refractivity contribution in [2.24, 2.45) is 5.92 Å². The Morgan fingerprint density at radius 2 is 2.38 bits per heavy atom. The molecule has 0 bridgehead atoms. The van der Waals surface area contributed by atoms with Crippen LogP contribution in [0.15, 0.2) is 0 Å². The number of likely N-dealkylation sites (tertiary alicyclic amines) is 1. The molecule has 0 spiro atoms. The van der Waals surface area contributed by atoms with Crippen molar-refractivity contribution in [1.29, 1.82) is 0 Å². The van der Waals surface area contributed by atoms with Gasteiger partial charge in [0.1, 0.15) is 5.38 Å². The first kappa shape index (κ1) is 10.8. The van der Waals surface area contributed by atoms with Crippen LogP contribution in [0.5, 0.6) is 0 Å². The van der Waals surface area contributed by atoms with Crippen LogP contribution < -0.4 is 0 Å². The largest absolute Gasteiger partial charge is 0.341 e. The zero-order chi connectivity index (χ0) is 9.84. The monoisotopic (exact) mass is 203 g/mol. The van der Waals surface area contributed by atoms with Gasteiger partial charge in [-0.3, -0.25) is 4.79 Å².